The number of carbonyl (C=O) groups is 2. The lowest BCUT2D eigenvalue weighted by molar-refractivity contribution is -0.146. The molecule has 1 atom stereocenters. The normalized spacial score (nSPS) is 21.6. The molecule has 1 aromatic carbocycles. The number of hydrogen-bond donors (Lipinski definition) is 2. The summed E-state index contributed by atoms with van der Waals surface area (Å²) in [7, 11) is 0. The fraction of sp³-hybridized carbons (Fsp3) is 0.385. The van der Waals surface area contributed by atoms with E-state index in [4.69, 9.17) is 0 Å². The lowest BCUT2D eigenvalue weighted by Crippen LogP contribution is -2.55. The quantitative estimate of drug-likeness (QED) is 0.814. The van der Waals surface area contributed by atoms with Gasteiger partial charge in [-0.25, -0.2) is 9.18 Å². The maximum absolute atomic E-state index is 12.7. The van der Waals surface area contributed by atoms with E-state index in [0.29, 0.717) is 12.2 Å². The van der Waals surface area contributed by atoms with E-state index in [2.05, 4.69) is 5.32 Å². The summed E-state index contributed by atoms with van der Waals surface area (Å²) in [4.78, 5) is 23.9. The zero-order valence-electron chi connectivity index (χ0n) is 10.6. The fourth-order valence-electron chi connectivity index (χ4n) is 1.87. The van der Waals surface area contributed by atoms with E-state index in [1.807, 2.05) is 0 Å². The molecule has 0 bridgehead atoms. The summed E-state index contributed by atoms with van der Waals surface area (Å²) in [6.45, 7) is 0. The average Bonchev–Trinajstić information content (AvgIpc) is 2.88. The van der Waals surface area contributed by atoms with Crippen molar-refractivity contribution in [3.8, 4) is 0 Å². The highest BCUT2D eigenvalue weighted by atomic mass is 32.2. The highest BCUT2D eigenvalue weighted by Crippen LogP contribution is 2.28. The van der Waals surface area contributed by atoms with Gasteiger partial charge in [-0.3, -0.25) is 4.79 Å². The van der Waals surface area contributed by atoms with Gasteiger partial charge >= 0.3 is 5.97 Å². The van der Waals surface area contributed by atoms with E-state index < -0.39 is 11.5 Å². The Morgan fingerprint density at radius 2 is 2.10 bits per heavy atom. The Morgan fingerprint density at radius 1 is 1.40 bits per heavy atom. The molecule has 108 valence electrons. The van der Waals surface area contributed by atoms with Crippen molar-refractivity contribution in [1.82, 2.24) is 5.32 Å². The van der Waals surface area contributed by atoms with Gasteiger partial charge in [0.25, 0.3) is 0 Å². The Bertz CT molecular complexity index is 501. The zero-order chi connectivity index (χ0) is 14.6. The van der Waals surface area contributed by atoms with Gasteiger partial charge in [0.2, 0.25) is 5.91 Å². The molecule has 20 heavy (non-hydrogen) atoms. The van der Waals surface area contributed by atoms with Gasteiger partial charge in [-0.1, -0.05) is 0 Å². The molecule has 0 radical (unpaired) electrons. The van der Waals surface area contributed by atoms with E-state index in [1.54, 1.807) is 12.1 Å². The average molecular weight is 315 g/mol. The van der Waals surface area contributed by atoms with Crippen LogP contribution in [0.4, 0.5) is 4.39 Å². The van der Waals surface area contributed by atoms with Crippen molar-refractivity contribution in [2.75, 3.05) is 17.3 Å². The summed E-state index contributed by atoms with van der Waals surface area (Å²) >= 11 is 2.78. The minimum atomic E-state index is -1.13. The van der Waals surface area contributed by atoms with Crippen LogP contribution in [-0.2, 0) is 9.59 Å². The molecule has 2 N–H and O–H groups in total. The minimum Gasteiger partial charge on any atom is -0.479 e. The van der Waals surface area contributed by atoms with E-state index in [9.17, 15) is 19.1 Å². The van der Waals surface area contributed by atoms with Gasteiger partial charge in [0.1, 0.15) is 11.4 Å². The summed E-state index contributed by atoms with van der Waals surface area (Å²) in [5, 5.41) is 11.9. The molecule has 1 aliphatic rings. The number of amides is 1. The van der Waals surface area contributed by atoms with Gasteiger partial charge in [-0.15, -0.1) is 11.8 Å². The van der Waals surface area contributed by atoms with Gasteiger partial charge in [-0.05, 0) is 36.4 Å². The van der Waals surface area contributed by atoms with Crippen molar-refractivity contribution < 1.29 is 19.1 Å². The number of carboxylic acid groups (broad SMARTS) is 1. The Hall–Kier alpha value is -1.21. The van der Waals surface area contributed by atoms with Gasteiger partial charge in [0, 0.05) is 10.6 Å². The molecule has 1 fully saturated rings. The minimum absolute atomic E-state index is 0.116. The van der Waals surface area contributed by atoms with Crippen molar-refractivity contribution in [3.63, 3.8) is 0 Å². The van der Waals surface area contributed by atoms with Crippen LogP contribution in [0.1, 0.15) is 6.42 Å². The van der Waals surface area contributed by atoms with E-state index in [1.165, 1.54) is 35.7 Å². The second-order valence-corrected chi connectivity index (χ2v) is 6.63. The number of carboxylic acids is 1. The summed E-state index contributed by atoms with van der Waals surface area (Å²) in [5.74, 6) is -0.378. The molecule has 0 spiro atoms. The summed E-state index contributed by atoms with van der Waals surface area (Å²) in [5.41, 5.74) is -1.13. The summed E-state index contributed by atoms with van der Waals surface area (Å²) in [6, 6.07) is 5.83. The Kier molecular flexibility index (Phi) is 4.93. The molecule has 1 unspecified atom stereocenters. The molecule has 0 aliphatic carbocycles. The van der Waals surface area contributed by atoms with Gasteiger partial charge in [0.05, 0.1) is 5.75 Å². The second-order valence-electron chi connectivity index (χ2n) is 4.48. The van der Waals surface area contributed by atoms with Gasteiger partial charge < -0.3 is 10.4 Å². The first-order valence-electron chi connectivity index (χ1n) is 6.02. The topological polar surface area (TPSA) is 66.4 Å². The molecule has 1 saturated heterocycles. The summed E-state index contributed by atoms with van der Waals surface area (Å²) in [6.07, 6.45) is 0.444. The zero-order valence-corrected chi connectivity index (χ0v) is 12.2. The molecular weight excluding hydrogens is 301 g/mol. The van der Waals surface area contributed by atoms with Crippen molar-refractivity contribution >= 4 is 35.4 Å². The van der Waals surface area contributed by atoms with Crippen LogP contribution < -0.4 is 5.32 Å². The standard InChI is InChI=1S/C13H14FNO3S2/c14-9-1-3-10(4-2-9)20-7-11(16)15-13(12(17)18)5-6-19-8-13/h1-4H,5-8H2,(H,15,16)(H,17,18). The van der Waals surface area contributed by atoms with Crippen LogP contribution in [0.15, 0.2) is 29.2 Å². The van der Waals surface area contributed by atoms with Crippen LogP contribution in [0.3, 0.4) is 0 Å². The van der Waals surface area contributed by atoms with E-state index >= 15 is 0 Å². The maximum atomic E-state index is 12.7. The largest absolute Gasteiger partial charge is 0.479 e. The Labute approximate surface area is 124 Å². The van der Waals surface area contributed by atoms with Crippen LogP contribution in [0.2, 0.25) is 0 Å². The number of aliphatic carboxylic acids is 1. The van der Waals surface area contributed by atoms with Crippen molar-refractivity contribution in [1.29, 1.82) is 0 Å². The molecule has 0 saturated carbocycles. The van der Waals surface area contributed by atoms with Gasteiger partial charge in [-0.2, -0.15) is 11.8 Å². The third-order valence-electron chi connectivity index (χ3n) is 2.99. The highest BCUT2D eigenvalue weighted by Gasteiger charge is 2.43. The molecule has 0 aromatic heterocycles. The maximum Gasteiger partial charge on any atom is 0.330 e. The number of nitrogens with one attached hydrogen (secondary N) is 1. The number of carbonyl (C=O) groups excluding carboxylic acids is 1. The lowest BCUT2D eigenvalue weighted by Gasteiger charge is -2.24. The molecular formula is C13H14FNO3S2. The Morgan fingerprint density at radius 3 is 2.65 bits per heavy atom. The molecule has 1 aliphatic heterocycles. The van der Waals surface area contributed by atoms with E-state index in [-0.39, 0.29) is 17.5 Å². The smallest absolute Gasteiger partial charge is 0.330 e. The predicted octanol–water partition coefficient (Wildman–Crippen LogP) is 1.99. The van der Waals surface area contributed by atoms with E-state index in [0.717, 1.165) is 10.6 Å². The fourth-order valence-corrected chi connectivity index (χ4v) is 3.89. The number of benzene rings is 1. The number of thioether (sulfide) groups is 2. The third-order valence-corrected chi connectivity index (χ3v) is 5.20. The SMILES string of the molecule is O=C(CSc1ccc(F)cc1)NC1(C(=O)O)CCSC1. The van der Waals surface area contributed by atoms with Gasteiger partial charge in [0.15, 0.2) is 0 Å². The number of rotatable bonds is 5. The predicted molar refractivity (Wildman–Crippen MR) is 77.6 cm³/mol. The van der Waals surface area contributed by atoms with Crippen molar-refractivity contribution in [3.05, 3.63) is 30.1 Å². The highest BCUT2D eigenvalue weighted by molar-refractivity contribution is 8.00. The first kappa shape index (κ1) is 15.2. The molecule has 7 heteroatoms. The number of hydrogen-bond acceptors (Lipinski definition) is 4. The van der Waals surface area contributed by atoms with Crippen LogP contribution in [-0.4, -0.2) is 39.8 Å². The summed E-state index contributed by atoms with van der Waals surface area (Å²) < 4.78 is 12.7. The molecule has 1 amide bonds. The third kappa shape index (κ3) is 3.67. The molecule has 1 aromatic rings. The molecule has 2 rings (SSSR count). The first-order chi connectivity index (χ1) is 9.52. The monoisotopic (exact) mass is 315 g/mol. The van der Waals surface area contributed by atoms with Crippen molar-refractivity contribution in [2.24, 2.45) is 0 Å². The number of halogens is 1. The lowest BCUT2D eigenvalue weighted by atomic mass is 9.99. The van der Waals surface area contributed by atoms with Crippen molar-refractivity contribution in [2.45, 2.75) is 16.9 Å². The molecule has 4 nitrogen and oxygen atoms in total. The first-order valence-corrected chi connectivity index (χ1v) is 8.16. The molecule has 1 heterocycles. The van der Waals surface area contributed by atoms with Crippen LogP contribution >= 0.6 is 23.5 Å². The second kappa shape index (κ2) is 6.49. The van der Waals surface area contributed by atoms with Crippen LogP contribution in [0, 0.1) is 5.82 Å². The van der Waals surface area contributed by atoms with Crippen LogP contribution in [0.25, 0.3) is 0 Å². The van der Waals surface area contributed by atoms with Crippen LogP contribution in [0.5, 0.6) is 0 Å². The Balaban J connectivity index is 1.89.